The maximum atomic E-state index is 13.7. The summed E-state index contributed by atoms with van der Waals surface area (Å²) >= 11 is 0. The molecule has 0 spiro atoms. The Morgan fingerprint density at radius 2 is 1.64 bits per heavy atom. The fraction of sp³-hybridized carbons (Fsp3) is 0.269. The number of carbonyl (C=O) groups is 1. The molecular weight excluding hydrogens is 434 g/mol. The van der Waals surface area contributed by atoms with Crippen molar-refractivity contribution in [2.45, 2.75) is 50.1 Å². The number of para-hydroxylation sites is 1. The number of nitrogen functional groups attached to an aromatic ring is 1. The smallest absolute Gasteiger partial charge is 0.265 e. The van der Waals surface area contributed by atoms with E-state index in [-0.39, 0.29) is 16.2 Å². The Balaban J connectivity index is 1.64. The van der Waals surface area contributed by atoms with Gasteiger partial charge >= 0.3 is 0 Å². The highest BCUT2D eigenvalue weighted by molar-refractivity contribution is 7.93. The highest BCUT2D eigenvalue weighted by atomic mass is 32.2. The quantitative estimate of drug-likeness (QED) is 0.560. The minimum Gasteiger partial charge on any atom is -0.399 e. The Kier molecular flexibility index (Phi) is 5.93. The van der Waals surface area contributed by atoms with Crippen molar-refractivity contribution < 1.29 is 13.2 Å². The van der Waals surface area contributed by atoms with Gasteiger partial charge in [-0.3, -0.25) is 9.10 Å². The van der Waals surface area contributed by atoms with Gasteiger partial charge in [0.05, 0.1) is 10.6 Å². The zero-order valence-electron chi connectivity index (χ0n) is 19.1. The Labute approximate surface area is 195 Å². The van der Waals surface area contributed by atoms with E-state index < -0.39 is 16.1 Å². The van der Waals surface area contributed by atoms with E-state index in [4.69, 9.17) is 5.73 Å². The lowest BCUT2D eigenvalue weighted by Gasteiger charge is -2.27. The Morgan fingerprint density at radius 3 is 2.27 bits per heavy atom. The van der Waals surface area contributed by atoms with Crippen molar-refractivity contribution in [1.29, 1.82) is 0 Å². The number of benzene rings is 3. The molecule has 0 aliphatic carbocycles. The van der Waals surface area contributed by atoms with E-state index in [0.717, 1.165) is 16.7 Å². The van der Waals surface area contributed by atoms with Gasteiger partial charge in [-0.1, -0.05) is 63.2 Å². The molecule has 1 atom stereocenters. The monoisotopic (exact) mass is 463 g/mol. The number of hydrogen-bond acceptors (Lipinski definition) is 4. The minimum absolute atomic E-state index is 0.0902. The zero-order chi connectivity index (χ0) is 23.8. The summed E-state index contributed by atoms with van der Waals surface area (Å²) in [5.41, 5.74) is 9.59. The number of fused-ring (bicyclic) bond motifs is 1. The molecule has 0 saturated heterocycles. The minimum atomic E-state index is -3.94. The first-order valence-electron chi connectivity index (χ1n) is 10.9. The van der Waals surface area contributed by atoms with Crippen LogP contribution in [0.25, 0.3) is 0 Å². The summed E-state index contributed by atoms with van der Waals surface area (Å²) in [5, 5.41) is 2.89. The van der Waals surface area contributed by atoms with E-state index in [0.29, 0.717) is 24.3 Å². The molecule has 1 aliphatic heterocycles. The number of sulfonamides is 1. The number of hydrogen-bond donors (Lipinski definition) is 2. The van der Waals surface area contributed by atoms with Crippen LogP contribution in [0.3, 0.4) is 0 Å². The molecule has 0 aromatic heterocycles. The van der Waals surface area contributed by atoms with Crippen LogP contribution in [0.2, 0.25) is 0 Å². The third-order valence-electron chi connectivity index (χ3n) is 5.95. The molecule has 0 saturated carbocycles. The van der Waals surface area contributed by atoms with Gasteiger partial charge in [-0.25, -0.2) is 8.42 Å². The maximum Gasteiger partial charge on any atom is 0.265 e. The SMILES string of the molecule is CC(C)(C)c1ccc(S(=O)(=O)N2c3ccccc3C[C@H]2C(=O)NCc2ccc(N)cc2)cc1. The van der Waals surface area contributed by atoms with Crippen LogP contribution in [-0.2, 0) is 33.2 Å². The van der Waals surface area contributed by atoms with Crippen LogP contribution < -0.4 is 15.4 Å². The van der Waals surface area contributed by atoms with Gasteiger partial charge in [-0.05, 0) is 52.4 Å². The Hall–Kier alpha value is -3.32. The fourth-order valence-corrected chi connectivity index (χ4v) is 5.69. The maximum absolute atomic E-state index is 13.7. The molecule has 7 heteroatoms. The molecule has 1 aliphatic rings. The summed E-state index contributed by atoms with van der Waals surface area (Å²) in [7, 11) is -3.94. The lowest BCUT2D eigenvalue weighted by Crippen LogP contribution is -2.47. The standard InChI is InChI=1S/C26H29N3O3S/c1-26(2,3)20-10-14-22(15-11-20)33(31,32)29-23-7-5-4-6-19(23)16-24(29)25(30)28-17-18-8-12-21(27)13-9-18/h4-15,24H,16-17,27H2,1-3H3,(H,28,30)/t24-/m0/s1. The molecule has 1 heterocycles. The van der Waals surface area contributed by atoms with Crippen molar-refractivity contribution in [3.63, 3.8) is 0 Å². The largest absolute Gasteiger partial charge is 0.399 e. The zero-order valence-corrected chi connectivity index (χ0v) is 19.9. The summed E-state index contributed by atoms with van der Waals surface area (Å²) in [6, 6.07) is 20.6. The van der Waals surface area contributed by atoms with E-state index in [1.54, 1.807) is 36.4 Å². The summed E-state index contributed by atoms with van der Waals surface area (Å²) in [4.78, 5) is 13.4. The van der Waals surface area contributed by atoms with Gasteiger partial charge in [0.2, 0.25) is 5.91 Å². The Bertz CT molecular complexity index is 1260. The van der Waals surface area contributed by atoms with Crippen LogP contribution in [-0.4, -0.2) is 20.4 Å². The van der Waals surface area contributed by atoms with Crippen LogP contribution in [0.15, 0.2) is 77.7 Å². The van der Waals surface area contributed by atoms with E-state index in [9.17, 15) is 13.2 Å². The molecule has 3 N–H and O–H groups in total. The van der Waals surface area contributed by atoms with Gasteiger partial charge in [0, 0.05) is 18.7 Å². The molecule has 3 aromatic carbocycles. The highest BCUT2D eigenvalue weighted by Crippen LogP contribution is 2.37. The van der Waals surface area contributed by atoms with Gasteiger partial charge < -0.3 is 11.1 Å². The van der Waals surface area contributed by atoms with Crippen molar-refractivity contribution in [3.8, 4) is 0 Å². The number of amides is 1. The van der Waals surface area contributed by atoms with Crippen LogP contribution >= 0.6 is 0 Å². The predicted octanol–water partition coefficient (Wildman–Crippen LogP) is 4.00. The third-order valence-corrected chi connectivity index (χ3v) is 7.79. The van der Waals surface area contributed by atoms with Crippen molar-refractivity contribution >= 4 is 27.3 Å². The predicted molar refractivity (Wildman–Crippen MR) is 131 cm³/mol. The van der Waals surface area contributed by atoms with Crippen LogP contribution in [0.4, 0.5) is 11.4 Å². The number of carbonyl (C=O) groups excluding carboxylic acids is 1. The van der Waals surface area contributed by atoms with Crippen LogP contribution in [0, 0.1) is 0 Å². The van der Waals surface area contributed by atoms with Crippen molar-refractivity contribution in [2.75, 3.05) is 10.0 Å². The summed E-state index contributed by atoms with van der Waals surface area (Å²) < 4.78 is 28.7. The van der Waals surface area contributed by atoms with Gasteiger partial charge in [-0.15, -0.1) is 0 Å². The first kappa shape index (κ1) is 22.9. The second-order valence-electron chi connectivity index (χ2n) is 9.38. The number of nitrogens with one attached hydrogen (secondary N) is 1. The molecule has 0 fully saturated rings. The van der Waals surface area contributed by atoms with Crippen LogP contribution in [0.5, 0.6) is 0 Å². The first-order valence-corrected chi connectivity index (χ1v) is 12.4. The Morgan fingerprint density at radius 1 is 1.00 bits per heavy atom. The van der Waals surface area contributed by atoms with E-state index in [1.165, 1.54) is 4.31 Å². The van der Waals surface area contributed by atoms with Gasteiger partial charge in [0.15, 0.2) is 0 Å². The molecule has 0 bridgehead atoms. The molecule has 6 nitrogen and oxygen atoms in total. The van der Waals surface area contributed by atoms with Gasteiger partial charge in [-0.2, -0.15) is 0 Å². The lowest BCUT2D eigenvalue weighted by molar-refractivity contribution is -0.122. The fourth-order valence-electron chi connectivity index (χ4n) is 4.04. The van der Waals surface area contributed by atoms with Crippen molar-refractivity contribution in [3.05, 3.63) is 89.5 Å². The topological polar surface area (TPSA) is 92.5 Å². The highest BCUT2D eigenvalue weighted by Gasteiger charge is 2.42. The second kappa shape index (κ2) is 8.56. The van der Waals surface area contributed by atoms with E-state index in [1.807, 2.05) is 36.4 Å². The van der Waals surface area contributed by atoms with Crippen molar-refractivity contribution in [2.24, 2.45) is 0 Å². The normalized spacial score (nSPS) is 15.8. The third kappa shape index (κ3) is 4.59. The summed E-state index contributed by atoms with van der Waals surface area (Å²) in [6.45, 7) is 6.53. The molecule has 0 radical (unpaired) electrons. The number of rotatable bonds is 5. The average Bonchev–Trinajstić information content (AvgIpc) is 3.18. The van der Waals surface area contributed by atoms with Gasteiger partial charge in [0.25, 0.3) is 10.0 Å². The van der Waals surface area contributed by atoms with Crippen LogP contribution in [0.1, 0.15) is 37.5 Å². The molecular formula is C26H29N3O3S. The van der Waals surface area contributed by atoms with E-state index in [2.05, 4.69) is 26.1 Å². The van der Waals surface area contributed by atoms with Crippen molar-refractivity contribution in [1.82, 2.24) is 5.32 Å². The summed E-state index contributed by atoms with van der Waals surface area (Å²) in [6.07, 6.45) is 0.322. The molecule has 1 amide bonds. The summed E-state index contributed by atoms with van der Waals surface area (Å²) in [5.74, 6) is -0.335. The lowest BCUT2D eigenvalue weighted by atomic mass is 9.87. The number of nitrogens with two attached hydrogens (primary N) is 1. The number of nitrogens with zero attached hydrogens (tertiary/aromatic N) is 1. The van der Waals surface area contributed by atoms with Gasteiger partial charge in [0.1, 0.15) is 6.04 Å². The molecule has 0 unspecified atom stereocenters. The average molecular weight is 464 g/mol. The molecule has 4 rings (SSSR count). The number of anilines is 2. The first-order chi connectivity index (χ1) is 15.6. The van der Waals surface area contributed by atoms with E-state index >= 15 is 0 Å². The molecule has 3 aromatic rings. The second-order valence-corrected chi connectivity index (χ2v) is 11.2. The molecule has 33 heavy (non-hydrogen) atoms. The molecule has 172 valence electrons.